The van der Waals surface area contributed by atoms with E-state index in [0.717, 1.165) is 67.4 Å². The van der Waals surface area contributed by atoms with Gasteiger partial charge in [-0.25, -0.2) is 9.67 Å². The number of fused-ring (bicyclic) bond motifs is 1. The third-order valence-corrected chi connectivity index (χ3v) is 7.64. The molecule has 35 heavy (non-hydrogen) atoms. The number of benzene rings is 1. The van der Waals surface area contributed by atoms with Crippen molar-refractivity contribution in [2.24, 2.45) is 0 Å². The summed E-state index contributed by atoms with van der Waals surface area (Å²) in [4.78, 5) is 12.2. The van der Waals surface area contributed by atoms with E-state index in [1.165, 1.54) is 37.9 Å². The first-order chi connectivity index (χ1) is 17.1. The largest absolute Gasteiger partial charge is 0.393 e. The molecule has 0 radical (unpaired) electrons. The number of nitrogens with one attached hydrogen (secondary N) is 1. The van der Waals surface area contributed by atoms with Gasteiger partial charge in [-0.1, -0.05) is 44.0 Å². The van der Waals surface area contributed by atoms with Crippen molar-refractivity contribution in [2.75, 3.05) is 18.4 Å². The van der Waals surface area contributed by atoms with Crippen LogP contribution in [0.4, 0.5) is 5.95 Å². The lowest BCUT2D eigenvalue weighted by Gasteiger charge is -2.26. The molecule has 3 aromatic rings. The molecule has 2 N–H and O–H groups in total. The smallest absolute Gasteiger partial charge is 0.224 e. The van der Waals surface area contributed by atoms with E-state index in [2.05, 4.69) is 58.0 Å². The van der Waals surface area contributed by atoms with Crippen LogP contribution in [0.3, 0.4) is 0 Å². The summed E-state index contributed by atoms with van der Waals surface area (Å²) in [6.07, 6.45) is 11.4. The van der Waals surface area contributed by atoms with Crippen LogP contribution < -0.4 is 5.32 Å². The second kappa shape index (κ2) is 11.0. The summed E-state index contributed by atoms with van der Waals surface area (Å²) < 4.78 is 2.11. The highest BCUT2D eigenvalue weighted by molar-refractivity contribution is 5.91. The highest BCUT2D eigenvalue weighted by Gasteiger charge is 2.26. The first kappa shape index (κ1) is 24.2. The Balaban J connectivity index is 1.45. The molecular weight excluding hydrogens is 436 g/mol. The van der Waals surface area contributed by atoms with Crippen LogP contribution in [-0.4, -0.2) is 55.0 Å². The van der Waals surface area contributed by atoms with Gasteiger partial charge in [-0.2, -0.15) is 10.1 Å². The van der Waals surface area contributed by atoms with Crippen molar-refractivity contribution in [2.45, 2.75) is 96.4 Å². The second-order valence-corrected chi connectivity index (χ2v) is 10.6. The summed E-state index contributed by atoms with van der Waals surface area (Å²) in [6.45, 7) is 7.80. The summed E-state index contributed by atoms with van der Waals surface area (Å²) >= 11 is 0. The fraction of sp³-hybridized carbons (Fsp3) is 0.607. The molecule has 0 unspecified atom stereocenters. The topological polar surface area (TPSA) is 79.1 Å². The Labute approximate surface area is 209 Å². The molecule has 188 valence electrons. The number of nitrogens with zero attached hydrogens (tertiary/aromatic N) is 5. The van der Waals surface area contributed by atoms with Crippen molar-refractivity contribution in [3.05, 3.63) is 36.0 Å². The third-order valence-electron chi connectivity index (χ3n) is 7.64. The van der Waals surface area contributed by atoms with Crippen LogP contribution in [0.2, 0.25) is 0 Å². The van der Waals surface area contributed by atoms with Gasteiger partial charge in [0, 0.05) is 24.3 Å². The molecule has 7 nitrogen and oxygen atoms in total. The van der Waals surface area contributed by atoms with Gasteiger partial charge < -0.3 is 10.4 Å². The summed E-state index contributed by atoms with van der Waals surface area (Å²) in [5, 5.41) is 19.6. The SMILES string of the molecule is CCC[C@@H](C)Nc1ncc2c(-c3ccc(CN4CCCCC4)cc3)nn([C@H]3CC[C@H](O)CC3)c2n1. The van der Waals surface area contributed by atoms with Crippen LogP contribution in [0.1, 0.15) is 83.2 Å². The fourth-order valence-electron chi connectivity index (χ4n) is 5.63. The van der Waals surface area contributed by atoms with Gasteiger partial charge in [-0.05, 0) is 70.5 Å². The maximum atomic E-state index is 10.0. The number of likely N-dealkylation sites (tertiary alicyclic amines) is 1. The number of rotatable bonds is 8. The fourth-order valence-corrected chi connectivity index (χ4v) is 5.63. The molecule has 0 bridgehead atoms. The maximum Gasteiger partial charge on any atom is 0.224 e. The van der Waals surface area contributed by atoms with E-state index in [0.29, 0.717) is 12.0 Å². The van der Waals surface area contributed by atoms with Crippen LogP contribution >= 0.6 is 0 Å². The van der Waals surface area contributed by atoms with E-state index < -0.39 is 0 Å². The minimum absolute atomic E-state index is 0.193. The van der Waals surface area contributed by atoms with Crippen LogP contribution in [-0.2, 0) is 6.54 Å². The Morgan fingerprint density at radius 3 is 2.51 bits per heavy atom. The minimum Gasteiger partial charge on any atom is -0.393 e. The molecule has 2 aliphatic rings. The first-order valence-corrected chi connectivity index (χ1v) is 13.6. The van der Waals surface area contributed by atoms with Gasteiger partial charge in [0.05, 0.1) is 17.5 Å². The number of piperidine rings is 1. The van der Waals surface area contributed by atoms with Crippen molar-refractivity contribution in [1.82, 2.24) is 24.6 Å². The molecule has 1 saturated heterocycles. The zero-order valence-corrected chi connectivity index (χ0v) is 21.3. The van der Waals surface area contributed by atoms with E-state index in [9.17, 15) is 5.11 Å². The Morgan fingerprint density at radius 1 is 1.06 bits per heavy atom. The Bertz CT molecular complexity index is 1100. The predicted octanol–water partition coefficient (Wildman–Crippen LogP) is 5.56. The minimum atomic E-state index is -0.193. The maximum absolute atomic E-state index is 10.0. The molecule has 2 aromatic heterocycles. The zero-order valence-electron chi connectivity index (χ0n) is 21.3. The predicted molar refractivity (Wildman–Crippen MR) is 141 cm³/mol. The summed E-state index contributed by atoms with van der Waals surface area (Å²) in [5.41, 5.74) is 4.30. The Kier molecular flexibility index (Phi) is 7.63. The van der Waals surface area contributed by atoms with Crippen LogP contribution in [0.25, 0.3) is 22.3 Å². The summed E-state index contributed by atoms with van der Waals surface area (Å²) in [5.74, 6) is 0.666. The number of hydrogen-bond acceptors (Lipinski definition) is 6. The average molecular weight is 477 g/mol. The lowest BCUT2D eigenvalue weighted by Crippen LogP contribution is -2.28. The highest BCUT2D eigenvalue weighted by Crippen LogP contribution is 2.34. The van der Waals surface area contributed by atoms with Gasteiger partial charge >= 0.3 is 0 Å². The van der Waals surface area contributed by atoms with E-state index in [1.54, 1.807) is 0 Å². The normalized spacial score (nSPS) is 22.4. The molecule has 0 spiro atoms. The molecule has 3 heterocycles. The van der Waals surface area contributed by atoms with Gasteiger partial charge in [0.1, 0.15) is 5.69 Å². The molecule has 0 amide bonds. The molecule has 1 saturated carbocycles. The quantitative estimate of drug-likeness (QED) is 0.443. The molecule has 5 rings (SSSR count). The third kappa shape index (κ3) is 5.67. The van der Waals surface area contributed by atoms with Gasteiger partial charge in [-0.3, -0.25) is 4.90 Å². The molecule has 7 heteroatoms. The standard InChI is InChI=1S/C28H40N6O/c1-3-7-20(2)30-28-29-18-25-26(32-34(27(25)31-28)23-12-14-24(35)15-13-23)22-10-8-21(9-11-22)19-33-16-5-4-6-17-33/h8-11,18,20,23-24,35H,3-7,12-17,19H2,1-2H3,(H,29,30,31)/t20-,23-,24-/m1/s1. The summed E-state index contributed by atoms with van der Waals surface area (Å²) in [6, 6.07) is 9.47. The van der Waals surface area contributed by atoms with Crippen LogP contribution in [0.15, 0.2) is 30.5 Å². The van der Waals surface area contributed by atoms with E-state index in [4.69, 9.17) is 10.1 Å². The Hall–Kier alpha value is -2.51. The van der Waals surface area contributed by atoms with Crippen molar-refractivity contribution in [1.29, 1.82) is 0 Å². The lowest BCUT2D eigenvalue weighted by atomic mass is 9.93. The zero-order chi connectivity index (χ0) is 24.2. The van der Waals surface area contributed by atoms with Gasteiger partial charge in [-0.15, -0.1) is 0 Å². The van der Waals surface area contributed by atoms with Crippen molar-refractivity contribution < 1.29 is 5.11 Å². The van der Waals surface area contributed by atoms with E-state index >= 15 is 0 Å². The van der Waals surface area contributed by atoms with Gasteiger partial charge in [0.25, 0.3) is 0 Å². The monoisotopic (exact) mass is 476 g/mol. The van der Waals surface area contributed by atoms with Gasteiger partial charge in [0.2, 0.25) is 5.95 Å². The number of aromatic nitrogens is 4. The molecule has 2 fully saturated rings. The van der Waals surface area contributed by atoms with Crippen molar-refractivity contribution >= 4 is 17.0 Å². The second-order valence-electron chi connectivity index (χ2n) is 10.6. The van der Waals surface area contributed by atoms with Crippen molar-refractivity contribution in [3.63, 3.8) is 0 Å². The van der Waals surface area contributed by atoms with Crippen LogP contribution in [0, 0.1) is 0 Å². The number of hydrogen-bond donors (Lipinski definition) is 2. The summed E-state index contributed by atoms with van der Waals surface area (Å²) in [7, 11) is 0. The molecule has 1 atom stereocenters. The lowest BCUT2D eigenvalue weighted by molar-refractivity contribution is 0.109. The van der Waals surface area contributed by atoms with Gasteiger partial charge in [0.15, 0.2) is 5.65 Å². The Morgan fingerprint density at radius 2 is 1.80 bits per heavy atom. The molecular formula is C28H40N6O. The van der Waals surface area contributed by atoms with Crippen molar-refractivity contribution in [3.8, 4) is 11.3 Å². The molecule has 1 aliphatic carbocycles. The highest BCUT2D eigenvalue weighted by atomic mass is 16.3. The number of aliphatic hydroxyl groups excluding tert-OH is 1. The first-order valence-electron chi connectivity index (χ1n) is 13.6. The van der Waals surface area contributed by atoms with E-state index in [1.807, 2.05) is 6.20 Å². The average Bonchev–Trinajstić information content (AvgIpc) is 3.24. The van der Waals surface area contributed by atoms with E-state index in [-0.39, 0.29) is 12.1 Å². The number of aliphatic hydroxyl groups is 1. The molecule has 1 aromatic carbocycles. The van der Waals surface area contributed by atoms with Crippen LogP contribution in [0.5, 0.6) is 0 Å². The molecule has 1 aliphatic heterocycles. The number of anilines is 1.